The van der Waals surface area contributed by atoms with Gasteiger partial charge in [-0.05, 0) is 18.6 Å². The minimum atomic E-state index is 0.784. The molecule has 0 saturated carbocycles. The van der Waals surface area contributed by atoms with Crippen LogP contribution in [-0.2, 0) is 6.42 Å². The van der Waals surface area contributed by atoms with Gasteiger partial charge in [-0.1, -0.05) is 6.92 Å². The third kappa shape index (κ3) is 1.43. The predicted octanol–water partition coefficient (Wildman–Crippen LogP) is 1.56. The van der Waals surface area contributed by atoms with Crippen LogP contribution in [0, 0.1) is 0 Å². The minimum Gasteiger partial charge on any atom is -0.401 e. The predicted molar refractivity (Wildman–Crippen MR) is 38.5 cm³/mol. The molecule has 0 aliphatic heterocycles. The molecule has 2 nitrogen and oxygen atoms in total. The summed E-state index contributed by atoms with van der Waals surface area (Å²) in [7, 11) is 0. The maximum Gasteiger partial charge on any atom is 0.200 e. The van der Waals surface area contributed by atoms with E-state index < -0.39 is 0 Å². The van der Waals surface area contributed by atoms with E-state index in [9.17, 15) is 0 Å². The summed E-state index contributed by atoms with van der Waals surface area (Å²) in [6.45, 7) is 2.10. The summed E-state index contributed by atoms with van der Waals surface area (Å²) in [5.41, 5.74) is 0. The van der Waals surface area contributed by atoms with Gasteiger partial charge in [0.1, 0.15) is 0 Å². The molecule has 0 aromatic carbocycles. The molecule has 2 N–H and O–H groups in total. The fraction of sp³-hybridized carbons (Fsp3) is 0.333. The third-order valence-corrected chi connectivity index (χ3v) is 2.22. The second-order valence-corrected chi connectivity index (χ2v) is 2.82. The van der Waals surface area contributed by atoms with E-state index in [-0.39, 0.29) is 0 Å². The molecular formula is C6H9NOS. The molecule has 0 amide bonds. The summed E-state index contributed by atoms with van der Waals surface area (Å²) < 4.78 is 0. The molecule has 0 aliphatic carbocycles. The highest BCUT2D eigenvalue weighted by Crippen LogP contribution is 2.22. The average molecular weight is 143 g/mol. The molecule has 0 spiro atoms. The molecule has 0 unspecified atom stereocenters. The van der Waals surface area contributed by atoms with Crippen molar-refractivity contribution in [2.45, 2.75) is 13.3 Å². The quantitative estimate of drug-likeness (QED) is 0.638. The smallest absolute Gasteiger partial charge is 0.200 e. The Kier molecular flexibility index (Phi) is 2.08. The molecule has 1 aromatic rings. The second kappa shape index (κ2) is 2.85. The first-order valence-corrected chi connectivity index (χ1v) is 3.64. The van der Waals surface area contributed by atoms with Crippen LogP contribution < -0.4 is 10.7 Å². The molecule has 0 fully saturated rings. The molecule has 0 radical (unpaired) electrons. The van der Waals surface area contributed by atoms with Crippen LogP contribution in [0.4, 0.5) is 0 Å². The first-order chi connectivity index (χ1) is 4.36. The number of hydrogen-bond acceptors (Lipinski definition) is 3. The lowest BCUT2D eigenvalue weighted by molar-refractivity contribution is 0.345. The summed E-state index contributed by atoms with van der Waals surface area (Å²) in [6, 6.07) is 3.90. The topological polar surface area (TPSA) is 35.2 Å². The van der Waals surface area contributed by atoms with Crippen molar-refractivity contribution in [2.24, 2.45) is 5.90 Å². The Hall–Kier alpha value is -0.540. The van der Waals surface area contributed by atoms with E-state index in [0.29, 0.717) is 0 Å². The van der Waals surface area contributed by atoms with Crippen LogP contribution in [0.5, 0.6) is 5.06 Å². The Morgan fingerprint density at radius 2 is 2.44 bits per heavy atom. The molecule has 0 saturated heterocycles. The molecule has 0 bridgehead atoms. The highest BCUT2D eigenvalue weighted by Gasteiger charge is 1.95. The van der Waals surface area contributed by atoms with Gasteiger partial charge in [0.2, 0.25) is 5.06 Å². The Bertz CT molecular complexity index is 166. The molecule has 50 valence electrons. The number of thiophene rings is 1. The van der Waals surface area contributed by atoms with Gasteiger partial charge in [0, 0.05) is 4.88 Å². The van der Waals surface area contributed by atoms with Crippen LogP contribution in [0.15, 0.2) is 12.1 Å². The van der Waals surface area contributed by atoms with E-state index in [0.717, 1.165) is 11.5 Å². The highest BCUT2D eigenvalue weighted by molar-refractivity contribution is 7.13. The van der Waals surface area contributed by atoms with Crippen LogP contribution in [0.3, 0.4) is 0 Å². The molecule has 0 aliphatic rings. The fourth-order valence-electron chi connectivity index (χ4n) is 0.612. The normalized spacial score (nSPS) is 9.56. The number of hydrogen-bond donors (Lipinski definition) is 1. The molecule has 0 atom stereocenters. The van der Waals surface area contributed by atoms with Crippen LogP contribution in [-0.4, -0.2) is 0 Å². The van der Waals surface area contributed by atoms with Crippen molar-refractivity contribution in [1.82, 2.24) is 0 Å². The van der Waals surface area contributed by atoms with Crippen molar-refractivity contribution in [3.63, 3.8) is 0 Å². The van der Waals surface area contributed by atoms with Gasteiger partial charge in [0.15, 0.2) is 0 Å². The zero-order valence-corrected chi connectivity index (χ0v) is 6.07. The maximum atomic E-state index is 4.93. The Balaban J connectivity index is 2.74. The molecule has 1 heterocycles. The van der Waals surface area contributed by atoms with Gasteiger partial charge in [-0.15, -0.1) is 11.3 Å². The molecular weight excluding hydrogens is 134 g/mol. The van der Waals surface area contributed by atoms with Crippen LogP contribution in [0.1, 0.15) is 11.8 Å². The van der Waals surface area contributed by atoms with E-state index in [1.165, 1.54) is 4.88 Å². The SMILES string of the molecule is CCc1ccc(ON)s1. The Morgan fingerprint density at radius 1 is 1.67 bits per heavy atom. The van der Waals surface area contributed by atoms with Gasteiger partial charge in [0.05, 0.1) is 0 Å². The second-order valence-electron chi connectivity index (χ2n) is 1.69. The largest absolute Gasteiger partial charge is 0.401 e. The van der Waals surface area contributed by atoms with Crippen LogP contribution in [0.2, 0.25) is 0 Å². The monoisotopic (exact) mass is 143 g/mol. The Morgan fingerprint density at radius 3 is 2.78 bits per heavy atom. The molecule has 1 aromatic heterocycles. The highest BCUT2D eigenvalue weighted by atomic mass is 32.1. The van der Waals surface area contributed by atoms with E-state index in [1.54, 1.807) is 11.3 Å². The van der Waals surface area contributed by atoms with Crippen molar-refractivity contribution >= 4 is 11.3 Å². The number of nitrogens with two attached hydrogens (primary N) is 1. The van der Waals surface area contributed by atoms with E-state index in [1.807, 2.05) is 12.1 Å². The van der Waals surface area contributed by atoms with Gasteiger partial charge in [-0.2, -0.15) is 5.90 Å². The average Bonchev–Trinajstić information content (AvgIpc) is 2.34. The third-order valence-electron chi connectivity index (χ3n) is 1.10. The summed E-state index contributed by atoms with van der Waals surface area (Å²) in [5.74, 6) is 4.93. The van der Waals surface area contributed by atoms with E-state index in [2.05, 4.69) is 11.8 Å². The van der Waals surface area contributed by atoms with Gasteiger partial charge in [-0.25, -0.2) is 0 Å². The van der Waals surface area contributed by atoms with Gasteiger partial charge in [0.25, 0.3) is 0 Å². The Labute approximate surface area is 58.2 Å². The fourth-order valence-corrected chi connectivity index (χ4v) is 1.33. The van der Waals surface area contributed by atoms with Crippen molar-refractivity contribution in [3.8, 4) is 5.06 Å². The summed E-state index contributed by atoms with van der Waals surface area (Å²) in [6.07, 6.45) is 1.05. The first kappa shape index (κ1) is 6.58. The molecule has 3 heteroatoms. The van der Waals surface area contributed by atoms with Gasteiger partial charge < -0.3 is 4.84 Å². The van der Waals surface area contributed by atoms with Crippen molar-refractivity contribution in [3.05, 3.63) is 17.0 Å². The van der Waals surface area contributed by atoms with Crippen molar-refractivity contribution in [2.75, 3.05) is 0 Å². The molecule has 9 heavy (non-hydrogen) atoms. The van der Waals surface area contributed by atoms with E-state index >= 15 is 0 Å². The lowest BCUT2D eigenvalue weighted by Crippen LogP contribution is -1.98. The zero-order valence-electron chi connectivity index (χ0n) is 5.26. The standard InChI is InChI=1S/C6H9NOS/c1-2-5-3-4-6(8-7)9-5/h3-4H,2,7H2,1H3. The minimum absolute atomic E-state index is 0.784. The number of rotatable bonds is 2. The number of aryl methyl sites for hydroxylation is 1. The van der Waals surface area contributed by atoms with Crippen molar-refractivity contribution in [1.29, 1.82) is 0 Å². The lowest BCUT2D eigenvalue weighted by atomic mass is 10.4. The van der Waals surface area contributed by atoms with Crippen molar-refractivity contribution < 1.29 is 4.84 Å². The zero-order chi connectivity index (χ0) is 6.69. The summed E-state index contributed by atoms with van der Waals surface area (Å²) in [5, 5.41) is 0.784. The van der Waals surface area contributed by atoms with Gasteiger partial charge >= 0.3 is 0 Å². The van der Waals surface area contributed by atoms with Gasteiger partial charge in [-0.3, -0.25) is 0 Å². The first-order valence-electron chi connectivity index (χ1n) is 2.82. The summed E-state index contributed by atoms with van der Waals surface area (Å²) in [4.78, 5) is 5.82. The lowest BCUT2D eigenvalue weighted by Gasteiger charge is -1.87. The van der Waals surface area contributed by atoms with E-state index in [4.69, 9.17) is 5.90 Å². The van der Waals surface area contributed by atoms with Crippen LogP contribution >= 0.6 is 11.3 Å². The van der Waals surface area contributed by atoms with Crippen LogP contribution in [0.25, 0.3) is 0 Å². The molecule has 1 rings (SSSR count). The maximum absolute atomic E-state index is 4.93. The summed E-state index contributed by atoms with van der Waals surface area (Å²) >= 11 is 1.59.